The van der Waals surface area contributed by atoms with E-state index in [1.807, 2.05) is 0 Å². The summed E-state index contributed by atoms with van der Waals surface area (Å²) < 4.78 is 90.1. The predicted molar refractivity (Wildman–Crippen MR) is 52.7 cm³/mol. The predicted octanol–water partition coefficient (Wildman–Crippen LogP) is 4.35. The molecular weight excluding hydrogens is 466 g/mol. The van der Waals surface area contributed by atoms with Crippen LogP contribution in [0.5, 0.6) is 0 Å². The minimum atomic E-state index is -5.98. The average molecular weight is 468 g/mol. The van der Waals surface area contributed by atoms with Gasteiger partial charge in [-0.1, -0.05) is 45.2 Å². The van der Waals surface area contributed by atoms with Crippen LogP contribution >= 0.6 is 45.2 Å². The highest BCUT2D eigenvalue weighted by Crippen LogP contribution is 2.47. The van der Waals surface area contributed by atoms with Gasteiger partial charge in [0.15, 0.2) is 0 Å². The Kier molecular flexibility index (Phi) is 4.92. The Morgan fingerprint density at radius 2 is 1.00 bits per heavy atom. The average Bonchev–Trinajstić information content (AvgIpc) is 1.97. The summed E-state index contributed by atoms with van der Waals surface area (Å²) in [6.45, 7) is 0. The second-order valence-corrected chi connectivity index (χ2v) is 5.15. The molecule has 0 nitrogen and oxygen atoms in total. The zero-order chi connectivity index (χ0) is 12.7. The van der Waals surface area contributed by atoms with E-state index >= 15 is 0 Å². The standard InChI is InChI=1S/C5H2F8I2/c6-3(7,5(11,12)13)1(14)2(15)4(8,9)10/h1-2H. The van der Waals surface area contributed by atoms with Crippen molar-refractivity contribution in [1.82, 2.24) is 0 Å². The monoisotopic (exact) mass is 468 g/mol. The van der Waals surface area contributed by atoms with E-state index in [2.05, 4.69) is 0 Å². The number of alkyl halides is 10. The Bertz CT molecular complexity index is 218. The van der Waals surface area contributed by atoms with Crippen molar-refractivity contribution < 1.29 is 35.1 Å². The van der Waals surface area contributed by atoms with Crippen LogP contribution in [0.3, 0.4) is 0 Å². The molecule has 0 rings (SSSR count). The lowest BCUT2D eigenvalue weighted by atomic mass is 10.1. The molecule has 0 saturated heterocycles. The van der Waals surface area contributed by atoms with Crippen molar-refractivity contribution in [3.05, 3.63) is 0 Å². The minimum Gasteiger partial charge on any atom is -0.195 e. The molecule has 0 N–H and O–H groups in total. The molecule has 0 heterocycles. The summed E-state index contributed by atoms with van der Waals surface area (Å²) in [6, 6.07) is 0. The summed E-state index contributed by atoms with van der Waals surface area (Å²) in [5.41, 5.74) is 0. The van der Waals surface area contributed by atoms with E-state index in [0.717, 1.165) is 0 Å². The zero-order valence-electron chi connectivity index (χ0n) is 6.43. The lowest BCUT2D eigenvalue weighted by Gasteiger charge is -2.28. The lowest BCUT2D eigenvalue weighted by Crippen LogP contribution is -2.51. The Morgan fingerprint density at radius 3 is 1.20 bits per heavy atom. The molecule has 0 fully saturated rings. The SMILES string of the molecule is FC(F)(F)C(I)C(I)C(F)(F)C(F)(F)F. The second-order valence-electron chi connectivity index (χ2n) is 2.47. The van der Waals surface area contributed by atoms with Gasteiger partial charge in [-0.25, -0.2) is 0 Å². The van der Waals surface area contributed by atoms with Crippen molar-refractivity contribution in [3.8, 4) is 0 Å². The molecule has 0 aromatic carbocycles. The number of rotatable bonds is 2. The van der Waals surface area contributed by atoms with E-state index in [4.69, 9.17) is 0 Å². The van der Waals surface area contributed by atoms with Gasteiger partial charge in [0, 0.05) is 0 Å². The Balaban J connectivity index is 4.94. The molecule has 0 aliphatic heterocycles. The molecule has 0 aromatic rings. The van der Waals surface area contributed by atoms with Crippen LogP contribution in [0.1, 0.15) is 0 Å². The fourth-order valence-electron chi connectivity index (χ4n) is 0.506. The van der Waals surface area contributed by atoms with Gasteiger partial charge in [0.1, 0.15) is 7.85 Å². The maximum atomic E-state index is 12.5. The van der Waals surface area contributed by atoms with Crippen molar-refractivity contribution >= 4 is 45.2 Å². The molecule has 2 atom stereocenters. The first-order chi connectivity index (χ1) is 6.32. The number of hydrogen-bond donors (Lipinski definition) is 0. The van der Waals surface area contributed by atoms with E-state index < -0.39 is 26.1 Å². The van der Waals surface area contributed by atoms with Crippen molar-refractivity contribution in [2.24, 2.45) is 0 Å². The van der Waals surface area contributed by atoms with Crippen LogP contribution in [0.2, 0.25) is 0 Å². The third kappa shape index (κ3) is 3.70. The molecule has 15 heavy (non-hydrogen) atoms. The molecule has 10 heteroatoms. The molecule has 92 valence electrons. The van der Waals surface area contributed by atoms with Crippen molar-refractivity contribution in [1.29, 1.82) is 0 Å². The van der Waals surface area contributed by atoms with Crippen molar-refractivity contribution in [2.45, 2.75) is 26.1 Å². The maximum Gasteiger partial charge on any atom is 0.454 e. The van der Waals surface area contributed by atoms with Gasteiger partial charge >= 0.3 is 18.3 Å². The normalized spacial score (nSPS) is 18.8. The highest BCUT2D eigenvalue weighted by atomic mass is 127. The topological polar surface area (TPSA) is 0 Å². The van der Waals surface area contributed by atoms with Crippen LogP contribution in [0.25, 0.3) is 0 Å². The highest BCUT2D eigenvalue weighted by molar-refractivity contribution is 14.1. The molecule has 0 aromatic heterocycles. The van der Waals surface area contributed by atoms with Crippen LogP contribution in [0.15, 0.2) is 0 Å². The summed E-state index contributed by atoms with van der Waals surface area (Å²) in [7, 11) is 0. The molecule has 0 spiro atoms. The first-order valence-corrected chi connectivity index (χ1v) is 5.60. The molecular formula is C5H2F8I2. The highest BCUT2D eigenvalue weighted by Gasteiger charge is 2.66. The fraction of sp³-hybridized carbons (Fsp3) is 1.00. The van der Waals surface area contributed by atoms with Crippen LogP contribution in [-0.4, -0.2) is 26.1 Å². The molecule has 0 radical (unpaired) electrons. The third-order valence-corrected chi connectivity index (χ3v) is 5.60. The van der Waals surface area contributed by atoms with Gasteiger partial charge in [-0.2, -0.15) is 35.1 Å². The minimum absolute atomic E-state index is 0.463. The van der Waals surface area contributed by atoms with Crippen LogP contribution in [0.4, 0.5) is 35.1 Å². The first kappa shape index (κ1) is 15.9. The van der Waals surface area contributed by atoms with Gasteiger partial charge in [-0.3, -0.25) is 0 Å². The largest absolute Gasteiger partial charge is 0.454 e. The van der Waals surface area contributed by atoms with E-state index in [1.165, 1.54) is 0 Å². The summed E-state index contributed by atoms with van der Waals surface area (Å²) in [4.78, 5) is 0. The summed E-state index contributed by atoms with van der Waals surface area (Å²) >= 11 is 0.990. The van der Waals surface area contributed by atoms with Gasteiger partial charge < -0.3 is 0 Å². The summed E-state index contributed by atoms with van der Waals surface area (Å²) in [5.74, 6) is -5.37. The van der Waals surface area contributed by atoms with E-state index in [1.54, 1.807) is 0 Å². The lowest BCUT2D eigenvalue weighted by molar-refractivity contribution is -0.283. The van der Waals surface area contributed by atoms with E-state index in [9.17, 15) is 35.1 Å². The maximum absolute atomic E-state index is 12.5. The first-order valence-electron chi connectivity index (χ1n) is 3.11. The third-order valence-electron chi connectivity index (χ3n) is 1.29. The van der Waals surface area contributed by atoms with Gasteiger partial charge in [0.25, 0.3) is 0 Å². The van der Waals surface area contributed by atoms with Crippen LogP contribution in [-0.2, 0) is 0 Å². The second kappa shape index (κ2) is 4.64. The molecule has 0 amide bonds. The van der Waals surface area contributed by atoms with Crippen LogP contribution in [0, 0.1) is 0 Å². The summed E-state index contributed by atoms with van der Waals surface area (Å²) in [5, 5.41) is 0. The Morgan fingerprint density at radius 1 is 0.667 bits per heavy atom. The van der Waals surface area contributed by atoms with Gasteiger partial charge in [-0.15, -0.1) is 0 Å². The number of hydrogen-bond acceptors (Lipinski definition) is 0. The Hall–Kier alpha value is 0.900. The van der Waals surface area contributed by atoms with Crippen LogP contribution < -0.4 is 0 Å². The summed E-state index contributed by atoms with van der Waals surface area (Å²) in [6.07, 6.45) is -11.1. The number of halogens is 10. The van der Waals surface area contributed by atoms with Gasteiger partial charge in [0.05, 0.1) is 0 Å². The molecule has 0 saturated carbocycles. The molecule has 2 unspecified atom stereocenters. The van der Waals surface area contributed by atoms with Crippen molar-refractivity contribution in [3.63, 3.8) is 0 Å². The smallest absolute Gasteiger partial charge is 0.195 e. The van der Waals surface area contributed by atoms with E-state index in [-0.39, 0.29) is 0 Å². The van der Waals surface area contributed by atoms with Gasteiger partial charge in [0.2, 0.25) is 0 Å². The molecule has 0 bridgehead atoms. The molecule has 0 aliphatic rings. The fourth-order valence-corrected chi connectivity index (χ4v) is 1.72. The van der Waals surface area contributed by atoms with E-state index in [0.29, 0.717) is 45.2 Å². The Labute approximate surface area is 106 Å². The molecule has 0 aliphatic carbocycles. The van der Waals surface area contributed by atoms with Gasteiger partial charge in [-0.05, 0) is 0 Å². The van der Waals surface area contributed by atoms with Crippen molar-refractivity contribution in [2.75, 3.05) is 0 Å². The quantitative estimate of drug-likeness (QED) is 0.322. The zero-order valence-corrected chi connectivity index (χ0v) is 10.7.